The highest BCUT2D eigenvalue weighted by Crippen LogP contribution is 2.16. The second-order valence-corrected chi connectivity index (χ2v) is 6.78. The van der Waals surface area contributed by atoms with Gasteiger partial charge in [-0.3, -0.25) is 4.79 Å². The number of fused-ring (bicyclic) bond motifs is 1. The van der Waals surface area contributed by atoms with Crippen molar-refractivity contribution in [1.29, 1.82) is 0 Å². The smallest absolute Gasteiger partial charge is 0.251 e. The maximum absolute atomic E-state index is 12.2. The van der Waals surface area contributed by atoms with Crippen LogP contribution in [0.3, 0.4) is 0 Å². The van der Waals surface area contributed by atoms with Crippen molar-refractivity contribution in [1.82, 2.24) is 14.9 Å². The first kappa shape index (κ1) is 16.6. The number of carbonyl (C=O) groups excluding carboxylic acids is 1. The Hall–Kier alpha value is -2.27. The van der Waals surface area contributed by atoms with E-state index >= 15 is 0 Å². The molecule has 0 bridgehead atoms. The molecule has 4 nitrogen and oxygen atoms in total. The first-order valence-corrected chi connectivity index (χ1v) is 9.17. The van der Waals surface area contributed by atoms with Crippen LogP contribution in [0.2, 0.25) is 0 Å². The van der Waals surface area contributed by atoms with Crippen LogP contribution in [-0.4, -0.2) is 27.8 Å². The van der Waals surface area contributed by atoms with E-state index in [-0.39, 0.29) is 5.91 Å². The number of pyridine rings is 1. The number of rotatable bonds is 7. The summed E-state index contributed by atoms with van der Waals surface area (Å²) in [7, 11) is 0. The number of para-hydroxylation sites is 1. The minimum Gasteiger partial charge on any atom is -0.352 e. The van der Waals surface area contributed by atoms with E-state index in [4.69, 9.17) is 0 Å². The molecule has 0 radical (unpaired) electrons. The lowest BCUT2D eigenvalue weighted by Gasteiger charge is -2.08. The molecule has 0 saturated carbocycles. The van der Waals surface area contributed by atoms with Crippen molar-refractivity contribution in [2.45, 2.75) is 24.9 Å². The van der Waals surface area contributed by atoms with Crippen LogP contribution in [0.1, 0.15) is 23.7 Å². The van der Waals surface area contributed by atoms with Crippen LogP contribution in [0, 0.1) is 0 Å². The second-order valence-electron chi connectivity index (χ2n) is 5.49. The van der Waals surface area contributed by atoms with E-state index in [0.29, 0.717) is 12.1 Å². The zero-order valence-electron chi connectivity index (χ0n) is 13.7. The quantitative estimate of drug-likeness (QED) is 0.523. The van der Waals surface area contributed by atoms with E-state index in [9.17, 15) is 4.79 Å². The molecule has 0 spiro atoms. The van der Waals surface area contributed by atoms with Gasteiger partial charge in [0.25, 0.3) is 5.91 Å². The molecule has 124 valence electrons. The summed E-state index contributed by atoms with van der Waals surface area (Å²) in [5, 5.41) is 5.13. The molecule has 0 saturated heterocycles. The molecule has 0 aliphatic rings. The Morgan fingerprint density at radius 3 is 3.00 bits per heavy atom. The number of aryl methyl sites for hydroxylation is 1. The predicted octanol–water partition coefficient (Wildman–Crippen LogP) is 3.97. The highest BCUT2D eigenvalue weighted by molar-refractivity contribution is 7.99. The Labute approximate surface area is 146 Å². The average molecular weight is 339 g/mol. The van der Waals surface area contributed by atoms with E-state index in [1.54, 1.807) is 24.0 Å². The first-order chi connectivity index (χ1) is 11.8. The Kier molecular flexibility index (Phi) is 5.54. The van der Waals surface area contributed by atoms with Gasteiger partial charge in [-0.2, -0.15) is 0 Å². The normalized spacial score (nSPS) is 10.9. The van der Waals surface area contributed by atoms with Crippen LogP contribution in [0.15, 0.2) is 59.9 Å². The van der Waals surface area contributed by atoms with Crippen LogP contribution in [0.25, 0.3) is 10.9 Å². The molecule has 3 aromatic rings. The average Bonchev–Trinajstić information content (AvgIpc) is 3.02. The Morgan fingerprint density at radius 2 is 2.12 bits per heavy atom. The minimum absolute atomic E-state index is 0.0345. The van der Waals surface area contributed by atoms with E-state index in [0.717, 1.165) is 23.7 Å². The predicted molar refractivity (Wildman–Crippen MR) is 99.5 cm³/mol. The lowest BCUT2D eigenvalue weighted by molar-refractivity contribution is 0.0952. The van der Waals surface area contributed by atoms with Crippen molar-refractivity contribution in [2.75, 3.05) is 12.3 Å². The molecule has 1 N–H and O–H groups in total. The fraction of sp³-hybridized carbons (Fsp3) is 0.263. The molecule has 2 aromatic heterocycles. The van der Waals surface area contributed by atoms with Crippen molar-refractivity contribution in [3.05, 3.63) is 60.4 Å². The molecule has 24 heavy (non-hydrogen) atoms. The Morgan fingerprint density at radius 1 is 1.25 bits per heavy atom. The highest BCUT2D eigenvalue weighted by Gasteiger charge is 2.06. The molecule has 0 atom stereocenters. The van der Waals surface area contributed by atoms with Crippen molar-refractivity contribution >= 4 is 28.6 Å². The molecular weight excluding hydrogens is 318 g/mol. The number of carbonyl (C=O) groups is 1. The molecule has 5 heteroatoms. The van der Waals surface area contributed by atoms with Gasteiger partial charge >= 0.3 is 0 Å². The van der Waals surface area contributed by atoms with Gasteiger partial charge in [0.15, 0.2) is 0 Å². The molecule has 1 aromatic carbocycles. The minimum atomic E-state index is -0.0345. The molecule has 0 aliphatic carbocycles. The van der Waals surface area contributed by atoms with Crippen LogP contribution < -0.4 is 5.32 Å². The fourth-order valence-electron chi connectivity index (χ4n) is 2.67. The van der Waals surface area contributed by atoms with E-state index in [2.05, 4.69) is 52.3 Å². The van der Waals surface area contributed by atoms with Gasteiger partial charge in [0.05, 0.1) is 5.03 Å². The highest BCUT2D eigenvalue weighted by atomic mass is 32.2. The van der Waals surface area contributed by atoms with Crippen molar-refractivity contribution in [3.8, 4) is 0 Å². The molecular formula is C19H21N3OS. The summed E-state index contributed by atoms with van der Waals surface area (Å²) in [6.07, 6.45) is 4.69. The van der Waals surface area contributed by atoms with Crippen LogP contribution in [0.4, 0.5) is 0 Å². The topological polar surface area (TPSA) is 46.9 Å². The Balaban J connectivity index is 1.51. The number of thioether (sulfide) groups is 1. The largest absolute Gasteiger partial charge is 0.352 e. The van der Waals surface area contributed by atoms with Gasteiger partial charge in [-0.15, -0.1) is 11.8 Å². The summed E-state index contributed by atoms with van der Waals surface area (Å²) in [6.45, 7) is 3.62. The lowest BCUT2D eigenvalue weighted by Crippen LogP contribution is -2.25. The van der Waals surface area contributed by atoms with E-state index in [1.165, 1.54) is 10.9 Å². The van der Waals surface area contributed by atoms with Gasteiger partial charge in [0.2, 0.25) is 0 Å². The molecule has 0 aliphatic heterocycles. The van der Waals surface area contributed by atoms with Crippen LogP contribution in [-0.2, 0) is 6.54 Å². The third kappa shape index (κ3) is 3.97. The van der Waals surface area contributed by atoms with Gasteiger partial charge in [-0.05, 0) is 41.8 Å². The van der Waals surface area contributed by atoms with E-state index in [1.807, 2.05) is 12.1 Å². The number of amides is 1. The SMILES string of the molecule is CCSc1cc(C(=O)NCCCn2ccc3ccccc32)ccn1. The number of nitrogens with zero attached hydrogens (tertiary/aromatic N) is 2. The summed E-state index contributed by atoms with van der Waals surface area (Å²) in [6, 6.07) is 14.1. The summed E-state index contributed by atoms with van der Waals surface area (Å²) in [5.41, 5.74) is 1.91. The van der Waals surface area contributed by atoms with Crippen molar-refractivity contribution < 1.29 is 4.79 Å². The fourth-order valence-corrected chi connectivity index (χ4v) is 3.31. The summed E-state index contributed by atoms with van der Waals surface area (Å²) < 4.78 is 2.23. The van der Waals surface area contributed by atoms with Gasteiger partial charge in [0.1, 0.15) is 0 Å². The monoisotopic (exact) mass is 339 g/mol. The molecule has 0 fully saturated rings. The van der Waals surface area contributed by atoms with E-state index < -0.39 is 0 Å². The number of benzene rings is 1. The van der Waals surface area contributed by atoms with Crippen molar-refractivity contribution in [2.24, 2.45) is 0 Å². The van der Waals surface area contributed by atoms with Crippen molar-refractivity contribution in [3.63, 3.8) is 0 Å². The summed E-state index contributed by atoms with van der Waals surface area (Å²) >= 11 is 1.64. The molecule has 0 unspecified atom stereocenters. The second kappa shape index (κ2) is 8.02. The molecule has 1 amide bonds. The number of aromatic nitrogens is 2. The maximum atomic E-state index is 12.2. The summed E-state index contributed by atoms with van der Waals surface area (Å²) in [5.74, 6) is 0.913. The molecule has 2 heterocycles. The summed E-state index contributed by atoms with van der Waals surface area (Å²) in [4.78, 5) is 16.5. The van der Waals surface area contributed by atoms with Gasteiger partial charge < -0.3 is 9.88 Å². The zero-order chi connectivity index (χ0) is 16.8. The Bertz CT molecular complexity index is 828. The van der Waals surface area contributed by atoms with Crippen LogP contribution >= 0.6 is 11.8 Å². The number of hydrogen-bond donors (Lipinski definition) is 1. The number of nitrogens with one attached hydrogen (secondary N) is 1. The van der Waals surface area contributed by atoms with Crippen LogP contribution in [0.5, 0.6) is 0 Å². The third-order valence-electron chi connectivity index (χ3n) is 3.83. The van der Waals surface area contributed by atoms with Gasteiger partial charge in [0, 0.05) is 36.6 Å². The lowest BCUT2D eigenvalue weighted by atomic mass is 10.2. The number of hydrogen-bond acceptors (Lipinski definition) is 3. The third-order valence-corrected chi connectivity index (χ3v) is 4.64. The zero-order valence-corrected chi connectivity index (χ0v) is 14.6. The first-order valence-electron chi connectivity index (χ1n) is 8.19. The maximum Gasteiger partial charge on any atom is 0.251 e. The van der Waals surface area contributed by atoms with Gasteiger partial charge in [-0.25, -0.2) is 4.98 Å². The van der Waals surface area contributed by atoms with Gasteiger partial charge in [-0.1, -0.05) is 25.1 Å². The molecule has 3 rings (SSSR count). The standard InChI is InChI=1S/C19H21N3OS/c1-2-24-18-14-16(8-11-20-18)19(23)21-10-5-12-22-13-9-15-6-3-4-7-17(15)22/h3-4,6-9,11,13-14H,2,5,10,12H2,1H3,(H,21,23).